The molecule has 0 spiro atoms. The number of rotatable bonds is 66. The highest BCUT2D eigenvalue weighted by Crippen LogP contribution is 2.25. The third-order valence-corrected chi connectivity index (χ3v) is 19.7. The first-order valence-electron chi connectivity index (χ1n) is 39.6. The zero-order valence-corrected chi connectivity index (χ0v) is 68.2. The van der Waals surface area contributed by atoms with E-state index in [1.807, 2.05) is 13.8 Å². The van der Waals surface area contributed by atoms with Crippen LogP contribution in [0, 0.1) is 29.6 Å². The maximum atomic E-state index is 14.6. The standard InChI is InChI=1S/C79H111N9O34/c1-41(2)33-56(78(120)81-39-42(3)89)87-79(121)57-7-5-31-88(57)63(96)40-122-32-6-8-58(91)55(34-44-9-11-45(12-10-44)43(4)90)86-76(118)49(16-25-67(103)104)38-61(94)53(20-29-71(111)112)84-74(116)47(14-23-65(99)100)36-59(92)51(18-27-69(107)108)82-73(115)46(13-22-64(97)98)35-60(93)52(19-28-70(109)110)83-75(117)48(15-24-66(101)102)37-62(95)54(21-30-72(113)114)85-77(119)50(80)17-26-68(105)106/h9-12,41,46-57H,5-8,13-40,80H2,1-4H3,(H,81,120)(H,82,115)(H,83,117)(H,84,116)(H,85,119)(H,86,118)(H,87,121)(H,97,98)(H,99,100)(H,101,102)(H,103,104)(H,105,106)(H,107,108)(H,109,110)(H,111,112)(H,113,114)/t46-,47-,48-,49-,50+,51+,52+,53+,54+,55-,56-,57?/m0/s1. The second-order valence-electron chi connectivity index (χ2n) is 30.2. The van der Waals surface area contributed by atoms with Gasteiger partial charge >= 0.3 is 53.7 Å². The number of hydrogen-bond donors (Lipinski definition) is 17. The lowest BCUT2D eigenvalue weighted by Crippen LogP contribution is -2.54. The van der Waals surface area contributed by atoms with Crippen molar-refractivity contribution in [2.24, 2.45) is 35.3 Å². The fourth-order valence-electron chi connectivity index (χ4n) is 13.0. The molecule has 12 atom stereocenters. The molecule has 1 fully saturated rings. The first-order valence-corrected chi connectivity index (χ1v) is 39.6. The highest BCUT2D eigenvalue weighted by atomic mass is 16.5. The van der Waals surface area contributed by atoms with Crippen LogP contribution >= 0.6 is 0 Å². The van der Waals surface area contributed by atoms with Crippen molar-refractivity contribution < 1.29 is 166 Å². The Morgan fingerprint density at radius 2 is 0.746 bits per heavy atom. The van der Waals surface area contributed by atoms with Gasteiger partial charge in [-0.3, -0.25) is 115 Å². The number of nitrogens with one attached hydrogen (secondary N) is 7. The molecule has 8 amide bonds. The molecule has 0 aliphatic carbocycles. The number of ether oxygens (including phenoxy) is 1. The van der Waals surface area contributed by atoms with Gasteiger partial charge in [-0.05, 0) is 115 Å². The monoisotopic (exact) mass is 1730 g/mol. The summed E-state index contributed by atoms with van der Waals surface area (Å²) in [6.07, 6.45) is -18.3. The Morgan fingerprint density at radius 1 is 0.410 bits per heavy atom. The van der Waals surface area contributed by atoms with Crippen LogP contribution in [0.3, 0.4) is 0 Å². The van der Waals surface area contributed by atoms with Crippen molar-refractivity contribution in [3.05, 3.63) is 35.4 Å². The predicted molar refractivity (Wildman–Crippen MR) is 417 cm³/mol. The van der Waals surface area contributed by atoms with Crippen molar-refractivity contribution in [1.29, 1.82) is 0 Å². The van der Waals surface area contributed by atoms with E-state index in [9.17, 15) is 156 Å². The minimum absolute atomic E-state index is 0.0559. The molecule has 0 saturated carbocycles. The molecule has 122 heavy (non-hydrogen) atoms. The average Bonchev–Trinajstić information content (AvgIpc) is 1.75. The number of ketones is 7. The molecule has 1 aromatic rings. The van der Waals surface area contributed by atoms with Crippen LogP contribution in [0.2, 0.25) is 0 Å². The highest BCUT2D eigenvalue weighted by molar-refractivity contribution is 6.01. The van der Waals surface area contributed by atoms with Crippen LogP contribution in [0.4, 0.5) is 0 Å². The lowest BCUT2D eigenvalue weighted by molar-refractivity contribution is -0.143. The van der Waals surface area contributed by atoms with Gasteiger partial charge in [0.2, 0.25) is 47.3 Å². The lowest BCUT2D eigenvalue weighted by Gasteiger charge is -2.27. The summed E-state index contributed by atoms with van der Waals surface area (Å²) in [6, 6.07) is -6.92. The van der Waals surface area contributed by atoms with E-state index in [1.165, 1.54) is 43.0 Å². The normalized spacial score (nSPS) is 15.0. The van der Waals surface area contributed by atoms with E-state index < -0.39 is 350 Å². The number of aliphatic carboxylic acids is 9. The van der Waals surface area contributed by atoms with Gasteiger partial charge in [0.1, 0.15) is 24.5 Å². The number of carboxylic acid groups (broad SMARTS) is 9. The molecule has 0 radical (unpaired) electrons. The summed E-state index contributed by atoms with van der Waals surface area (Å²) in [7, 11) is 0. The number of carboxylic acids is 9. The Bertz CT molecular complexity index is 3960. The molecule has 0 bridgehead atoms. The van der Waals surface area contributed by atoms with Gasteiger partial charge in [-0.25, -0.2) is 0 Å². The summed E-state index contributed by atoms with van der Waals surface area (Å²) in [5, 5.41) is 103. The number of carbonyl (C=O) groups is 24. The zero-order valence-electron chi connectivity index (χ0n) is 68.2. The number of nitrogens with zero attached hydrogens (tertiary/aromatic N) is 1. The number of likely N-dealkylation sites (tertiary alicyclic amines) is 1. The first kappa shape index (κ1) is 106. The van der Waals surface area contributed by atoms with Crippen molar-refractivity contribution in [2.45, 2.75) is 256 Å². The third-order valence-electron chi connectivity index (χ3n) is 19.7. The second-order valence-corrected chi connectivity index (χ2v) is 30.2. The van der Waals surface area contributed by atoms with E-state index in [1.54, 1.807) is 0 Å². The average molecular weight is 1730 g/mol. The van der Waals surface area contributed by atoms with E-state index in [-0.39, 0.29) is 74.8 Å². The van der Waals surface area contributed by atoms with E-state index in [0.717, 1.165) is 0 Å². The van der Waals surface area contributed by atoms with Crippen LogP contribution in [-0.2, 0) is 121 Å². The molecule has 18 N–H and O–H groups in total. The third kappa shape index (κ3) is 42.7. The van der Waals surface area contributed by atoms with Crippen LogP contribution in [0.25, 0.3) is 0 Å². The molecule has 1 aliphatic heterocycles. The maximum absolute atomic E-state index is 14.6. The number of hydrogen-bond acceptors (Lipinski definition) is 26. The summed E-state index contributed by atoms with van der Waals surface area (Å²) in [5.74, 6) is -35.3. The molecule has 1 aromatic carbocycles. The molecule has 1 heterocycles. The van der Waals surface area contributed by atoms with Crippen LogP contribution in [0.5, 0.6) is 0 Å². The van der Waals surface area contributed by atoms with Crippen molar-refractivity contribution >= 4 is 141 Å². The highest BCUT2D eigenvalue weighted by Gasteiger charge is 2.40. The SMILES string of the molecule is CC(=O)CNC(=O)[C@H](CC(C)C)NC(=O)C1CCCN1C(=O)COCCCC(=O)[C@H](Cc1ccc(C(C)=O)cc1)NC(=O)[C@@H](CCC(=O)O)CC(=O)[C@@H](CCC(=O)O)NC(=O)[C@@H](CCC(=O)O)CC(=O)[C@@H](CCC(=O)O)NC(=O)[C@@H](CCC(=O)O)CC(=O)[C@@H](CCC(=O)O)NC(=O)[C@@H](CCC(=O)O)CC(=O)[C@@H](CCC(=O)O)NC(=O)[C@H](N)CCC(=O)O. The number of benzene rings is 1. The molecule has 1 saturated heterocycles. The Morgan fingerprint density at radius 3 is 1.08 bits per heavy atom. The quantitative estimate of drug-likeness (QED) is 0.0298. The number of carbonyl (C=O) groups excluding carboxylic acids is 15. The molecule has 1 unspecified atom stereocenters. The number of amides is 8. The summed E-state index contributed by atoms with van der Waals surface area (Å²) < 4.78 is 5.64. The molecular weight excluding hydrogens is 1620 g/mol. The summed E-state index contributed by atoms with van der Waals surface area (Å²) in [6.45, 7) is 5.32. The molecule has 43 nitrogen and oxygen atoms in total. The van der Waals surface area contributed by atoms with E-state index in [2.05, 4.69) is 37.2 Å². The van der Waals surface area contributed by atoms with Gasteiger partial charge in [0.25, 0.3) is 0 Å². The van der Waals surface area contributed by atoms with Crippen LogP contribution in [0.15, 0.2) is 24.3 Å². The first-order chi connectivity index (χ1) is 57.2. The number of Topliss-reactive ketones (excluding diaryl/α,β-unsaturated/α-hetero) is 7. The van der Waals surface area contributed by atoms with E-state index in [0.29, 0.717) is 12.0 Å². The molecule has 43 heteroatoms. The summed E-state index contributed by atoms with van der Waals surface area (Å²) >= 11 is 0. The predicted octanol–water partition coefficient (Wildman–Crippen LogP) is -0.139. The van der Waals surface area contributed by atoms with E-state index in [4.69, 9.17) is 15.6 Å². The van der Waals surface area contributed by atoms with Crippen molar-refractivity contribution in [3.8, 4) is 0 Å². The molecular formula is C79H111N9O34. The molecule has 676 valence electrons. The topological polar surface area (TPSA) is 714 Å². The number of nitrogens with two attached hydrogens (primary N) is 1. The Kier molecular flexibility index (Phi) is 47.6. The van der Waals surface area contributed by atoms with E-state index >= 15 is 0 Å². The van der Waals surface area contributed by atoms with Crippen LogP contribution < -0.4 is 43.0 Å². The Hall–Kier alpha value is -12.2. The minimum Gasteiger partial charge on any atom is -0.481 e. The molecule has 0 aromatic heterocycles. The minimum atomic E-state index is -2.03. The van der Waals surface area contributed by atoms with Crippen molar-refractivity contribution in [2.75, 3.05) is 26.3 Å². The van der Waals surface area contributed by atoms with Gasteiger partial charge in [-0.15, -0.1) is 0 Å². The maximum Gasteiger partial charge on any atom is 0.303 e. The van der Waals surface area contributed by atoms with Gasteiger partial charge < -0.3 is 98.5 Å². The van der Waals surface area contributed by atoms with Crippen LogP contribution in [-0.4, -0.2) is 267 Å². The van der Waals surface area contributed by atoms with Gasteiger partial charge in [0.05, 0.1) is 42.8 Å². The fraction of sp³-hybridized carbons (Fsp3) is 0.620. The largest absolute Gasteiger partial charge is 0.481 e. The summed E-state index contributed by atoms with van der Waals surface area (Å²) in [4.78, 5) is 314. The van der Waals surface area contributed by atoms with Gasteiger partial charge in [0, 0.05) is 132 Å². The molecule has 1 aliphatic rings. The smallest absolute Gasteiger partial charge is 0.303 e. The Balaban J connectivity index is 2.57. The van der Waals surface area contributed by atoms with Crippen molar-refractivity contribution in [1.82, 2.24) is 42.1 Å². The summed E-state index contributed by atoms with van der Waals surface area (Å²) in [5.41, 5.74) is 6.41. The lowest BCUT2D eigenvalue weighted by atomic mass is 9.88. The Labute approximate surface area is 699 Å². The van der Waals surface area contributed by atoms with Gasteiger partial charge in [-0.2, -0.15) is 0 Å². The van der Waals surface area contributed by atoms with Crippen molar-refractivity contribution in [3.63, 3.8) is 0 Å². The van der Waals surface area contributed by atoms with Crippen LogP contribution in [0.1, 0.15) is 217 Å². The molecule has 2 rings (SSSR count). The fourth-order valence-corrected chi connectivity index (χ4v) is 13.0. The second kappa shape index (κ2) is 54.9. The van der Waals surface area contributed by atoms with Gasteiger partial charge in [-0.1, -0.05) is 38.1 Å². The zero-order chi connectivity index (χ0) is 92.2. The van der Waals surface area contributed by atoms with Gasteiger partial charge in [0.15, 0.2) is 34.7 Å².